The molecule has 4 nitrogen and oxygen atoms in total. The van der Waals surface area contributed by atoms with Crippen LogP contribution in [0.1, 0.15) is 86.1 Å². The van der Waals surface area contributed by atoms with Gasteiger partial charge in [0.05, 0.1) is 12.8 Å². The summed E-state index contributed by atoms with van der Waals surface area (Å²) < 4.78 is 5.52. The molecule has 0 amide bonds. The largest absolute Gasteiger partial charge is 0.468 e. The third kappa shape index (κ3) is 3.94. The Kier molecular flexibility index (Phi) is 6.33. The van der Waals surface area contributed by atoms with Gasteiger partial charge in [-0.15, -0.1) is 0 Å². The molecule has 0 radical (unpaired) electrons. The predicted octanol–water partition coefficient (Wildman–Crippen LogP) is 8.85. The van der Waals surface area contributed by atoms with Crippen molar-refractivity contribution in [3.63, 3.8) is 0 Å². The molecule has 1 N–H and O–H groups in total. The molecule has 5 atom stereocenters. The molecule has 4 aliphatic rings. The summed E-state index contributed by atoms with van der Waals surface area (Å²) in [5.74, 6) is -0.607. The number of esters is 1. The van der Waals surface area contributed by atoms with Gasteiger partial charge in [0.25, 0.3) is 0 Å². The number of hydrogen-bond donors (Lipinski definition) is 1. The average molecular weight is 574 g/mol. The van der Waals surface area contributed by atoms with Crippen molar-refractivity contribution in [2.45, 2.75) is 79.1 Å². The zero-order valence-electron chi connectivity index (χ0n) is 26.6. The maximum atomic E-state index is 14.5. The first-order valence-electron chi connectivity index (χ1n) is 15.9. The van der Waals surface area contributed by atoms with Crippen molar-refractivity contribution in [3.8, 4) is 0 Å². The second-order valence-corrected chi connectivity index (χ2v) is 14.4. The van der Waals surface area contributed by atoms with Crippen molar-refractivity contribution in [2.75, 3.05) is 12.4 Å². The second kappa shape index (κ2) is 9.67. The van der Waals surface area contributed by atoms with Crippen molar-refractivity contribution in [1.29, 1.82) is 0 Å². The predicted molar refractivity (Wildman–Crippen MR) is 173 cm³/mol. The summed E-state index contributed by atoms with van der Waals surface area (Å²) in [6.45, 7) is 13.6. The van der Waals surface area contributed by atoms with Gasteiger partial charge in [-0.1, -0.05) is 86.5 Å². The van der Waals surface area contributed by atoms with Crippen LogP contribution in [0.2, 0.25) is 0 Å². The number of hydrogen-bond acceptors (Lipinski definition) is 4. The van der Waals surface area contributed by atoms with Gasteiger partial charge < -0.3 is 10.1 Å². The van der Waals surface area contributed by atoms with Crippen molar-refractivity contribution in [1.82, 2.24) is 0 Å². The summed E-state index contributed by atoms with van der Waals surface area (Å²) >= 11 is 0. The number of ether oxygens (including phenoxy) is 1. The summed E-state index contributed by atoms with van der Waals surface area (Å²) in [5, 5.41) is 5.97. The summed E-state index contributed by atoms with van der Waals surface area (Å²) in [6.07, 6.45) is 6.25. The quantitative estimate of drug-likeness (QED) is 0.251. The molecule has 0 aromatic heterocycles. The molecule has 7 rings (SSSR count). The van der Waals surface area contributed by atoms with E-state index in [0.29, 0.717) is 12.3 Å². The average Bonchev–Trinajstić information content (AvgIpc) is 3.30. The topological polar surface area (TPSA) is 55.4 Å². The molecule has 43 heavy (non-hydrogen) atoms. The van der Waals surface area contributed by atoms with E-state index < -0.39 is 5.92 Å². The van der Waals surface area contributed by atoms with Crippen LogP contribution in [0.4, 0.5) is 5.69 Å². The van der Waals surface area contributed by atoms with Gasteiger partial charge in [-0.05, 0) is 84.4 Å². The van der Waals surface area contributed by atoms with Gasteiger partial charge in [0.1, 0.15) is 5.92 Å². The number of ketones is 1. The van der Waals surface area contributed by atoms with Gasteiger partial charge in [-0.25, -0.2) is 0 Å². The molecule has 1 aliphatic heterocycles. The highest BCUT2D eigenvalue weighted by Gasteiger charge is 2.59. The van der Waals surface area contributed by atoms with Gasteiger partial charge in [0.15, 0.2) is 5.78 Å². The van der Waals surface area contributed by atoms with E-state index in [2.05, 4.69) is 101 Å². The molecule has 0 saturated heterocycles. The number of rotatable bonds is 3. The number of anilines is 1. The van der Waals surface area contributed by atoms with Gasteiger partial charge in [0, 0.05) is 34.9 Å². The van der Waals surface area contributed by atoms with E-state index in [-0.39, 0.29) is 34.4 Å². The minimum Gasteiger partial charge on any atom is -0.468 e. The molecule has 1 heterocycles. The summed E-state index contributed by atoms with van der Waals surface area (Å²) in [7, 11) is 1.47. The highest BCUT2D eigenvalue weighted by atomic mass is 16.5. The SMILES string of the molecule is COC(=O)[C@@H]1C2=C(C(=O)C[C@H]1c1c(C)cc(C)cc1C)[C@H](C=C1C[C@@H]3CC[C@@]1(C)C3(C)C)c1ccc3ccccc3c1N2. The van der Waals surface area contributed by atoms with Crippen LogP contribution in [0.15, 0.2) is 71.5 Å². The highest BCUT2D eigenvalue weighted by molar-refractivity contribution is 6.07. The van der Waals surface area contributed by atoms with Crippen LogP contribution in [-0.2, 0) is 14.3 Å². The minimum atomic E-state index is -0.599. The Hall–Kier alpha value is -3.66. The van der Waals surface area contributed by atoms with Crippen LogP contribution in [-0.4, -0.2) is 18.9 Å². The van der Waals surface area contributed by atoms with Gasteiger partial charge in [0.2, 0.25) is 0 Å². The Bertz CT molecular complexity index is 1750. The molecule has 2 saturated carbocycles. The number of Topliss-reactive ketones (excluding diaryl/α,β-unsaturated/α-hetero) is 1. The first-order valence-corrected chi connectivity index (χ1v) is 15.9. The van der Waals surface area contributed by atoms with E-state index in [0.717, 1.165) is 56.4 Å². The fourth-order valence-corrected chi connectivity index (χ4v) is 9.51. The Morgan fingerprint density at radius 1 is 1.00 bits per heavy atom. The molecular weight excluding hydrogens is 530 g/mol. The zero-order chi connectivity index (χ0) is 30.4. The lowest BCUT2D eigenvalue weighted by atomic mass is 9.65. The molecule has 2 fully saturated rings. The standard InChI is InChI=1S/C39H43NO3/c1-21-16-22(2)32(23(3)17-21)30-20-31(41)33-29(19-26-18-25-14-15-39(26,6)38(25,4)5)28-13-12-24-10-8-9-11-27(24)35(28)40-36(33)34(30)37(42)43-7/h8-13,16-17,19,25,29-30,34,40H,14-15,18,20H2,1-7H3/t25-,29+,30-,34-,39+/m0/s1. The third-order valence-corrected chi connectivity index (χ3v) is 12.1. The first kappa shape index (κ1) is 28.1. The number of allylic oxidation sites excluding steroid dienone is 3. The number of aryl methyl sites for hydroxylation is 3. The summed E-state index contributed by atoms with van der Waals surface area (Å²) in [5.41, 5.74) is 9.91. The maximum absolute atomic E-state index is 14.5. The number of nitrogens with one attached hydrogen (secondary N) is 1. The zero-order valence-corrected chi connectivity index (χ0v) is 26.6. The van der Waals surface area contributed by atoms with Crippen molar-refractivity contribution in [3.05, 3.63) is 99.3 Å². The number of fused-ring (bicyclic) bond motifs is 5. The van der Waals surface area contributed by atoms with E-state index >= 15 is 0 Å². The molecular formula is C39H43NO3. The van der Waals surface area contributed by atoms with E-state index in [1.807, 2.05) is 0 Å². The number of benzene rings is 3. The van der Waals surface area contributed by atoms with Gasteiger partial charge in [-0.3, -0.25) is 9.59 Å². The normalized spacial score (nSPS) is 29.9. The third-order valence-electron chi connectivity index (χ3n) is 12.1. The molecule has 0 unspecified atom stereocenters. The first-order chi connectivity index (χ1) is 20.5. The fourth-order valence-electron chi connectivity index (χ4n) is 9.51. The Labute approximate surface area is 255 Å². The maximum Gasteiger partial charge on any atom is 0.315 e. The molecule has 4 heteroatoms. The highest BCUT2D eigenvalue weighted by Crippen LogP contribution is 2.68. The van der Waals surface area contributed by atoms with E-state index in [9.17, 15) is 9.59 Å². The molecule has 3 aromatic carbocycles. The Morgan fingerprint density at radius 2 is 1.72 bits per heavy atom. The number of carbonyl (C=O) groups is 2. The Balaban J connectivity index is 1.48. The molecule has 0 spiro atoms. The van der Waals surface area contributed by atoms with Crippen LogP contribution in [0, 0.1) is 43.4 Å². The smallest absolute Gasteiger partial charge is 0.315 e. The van der Waals surface area contributed by atoms with E-state index in [1.54, 1.807) is 0 Å². The van der Waals surface area contributed by atoms with Crippen molar-refractivity contribution in [2.24, 2.45) is 22.7 Å². The second-order valence-electron chi connectivity index (χ2n) is 14.4. The lowest BCUT2D eigenvalue weighted by molar-refractivity contribution is -0.145. The van der Waals surface area contributed by atoms with Crippen LogP contribution in [0.5, 0.6) is 0 Å². The number of methoxy groups -OCH3 is 1. The molecule has 2 bridgehead atoms. The van der Waals surface area contributed by atoms with Crippen molar-refractivity contribution >= 4 is 28.2 Å². The lowest BCUT2D eigenvalue weighted by Crippen LogP contribution is -2.40. The van der Waals surface area contributed by atoms with Crippen molar-refractivity contribution < 1.29 is 14.3 Å². The molecule has 3 aromatic rings. The van der Waals surface area contributed by atoms with Crippen LogP contribution >= 0.6 is 0 Å². The van der Waals surface area contributed by atoms with E-state index in [1.165, 1.54) is 31.1 Å². The monoisotopic (exact) mass is 573 g/mol. The number of carbonyl (C=O) groups excluding carboxylic acids is 2. The van der Waals surface area contributed by atoms with Gasteiger partial charge >= 0.3 is 5.97 Å². The molecule has 3 aliphatic carbocycles. The lowest BCUT2D eigenvalue weighted by Gasteiger charge is -2.41. The minimum absolute atomic E-state index is 0.110. The van der Waals surface area contributed by atoms with E-state index in [4.69, 9.17) is 4.74 Å². The van der Waals surface area contributed by atoms with Crippen LogP contribution in [0.25, 0.3) is 10.8 Å². The fraction of sp³-hybridized carbons (Fsp3) is 0.436. The van der Waals surface area contributed by atoms with Crippen LogP contribution in [0.3, 0.4) is 0 Å². The summed E-state index contributed by atoms with van der Waals surface area (Å²) in [6, 6.07) is 17.1. The molecule has 222 valence electrons. The Morgan fingerprint density at radius 3 is 2.37 bits per heavy atom. The van der Waals surface area contributed by atoms with Gasteiger partial charge in [-0.2, -0.15) is 0 Å². The van der Waals surface area contributed by atoms with Crippen LogP contribution < -0.4 is 5.32 Å². The summed E-state index contributed by atoms with van der Waals surface area (Å²) in [4.78, 5) is 28.3.